The number of hydrogen-bond acceptors (Lipinski definition) is 1. The number of anilines is 1. The van der Waals surface area contributed by atoms with Crippen LogP contribution in [0.2, 0.25) is 0 Å². The SMILES string of the molecule is CCCN(C(=O)Cc1ccc(Br)cc1)c1cccc(C)c1. The molecule has 2 aromatic rings. The van der Waals surface area contributed by atoms with E-state index >= 15 is 0 Å². The molecule has 3 heteroatoms. The van der Waals surface area contributed by atoms with Crippen molar-refractivity contribution in [3.8, 4) is 0 Å². The normalized spacial score (nSPS) is 10.4. The molecule has 0 unspecified atom stereocenters. The van der Waals surface area contributed by atoms with Gasteiger partial charge >= 0.3 is 0 Å². The molecule has 0 N–H and O–H groups in total. The first-order chi connectivity index (χ1) is 10.1. The Hall–Kier alpha value is -1.61. The Morgan fingerprint density at radius 2 is 1.86 bits per heavy atom. The summed E-state index contributed by atoms with van der Waals surface area (Å²) in [5.41, 5.74) is 3.20. The highest BCUT2D eigenvalue weighted by Crippen LogP contribution is 2.18. The highest BCUT2D eigenvalue weighted by atomic mass is 79.9. The minimum atomic E-state index is 0.143. The van der Waals surface area contributed by atoms with E-state index in [9.17, 15) is 4.79 Å². The highest BCUT2D eigenvalue weighted by molar-refractivity contribution is 9.10. The lowest BCUT2D eigenvalue weighted by Crippen LogP contribution is -2.33. The number of nitrogens with zero attached hydrogens (tertiary/aromatic N) is 1. The van der Waals surface area contributed by atoms with E-state index in [0.717, 1.165) is 28.7 Å². The zero-order valence-corrected chi connectivity index (χ0v) is 14.1. The van der Waals surface area contributed by atoms with Gasteiger partial charge in [-0.25, -0.2) is 0 Å². The van der Waals surface area contributed by atoms with Crippen molar-refractivity contribution in [2.75, 3.05) is 11.4 Å². The number of carbonyl (C=O) groups is 1. The van der Waals surface area contributed by atoms with Gasteiger partial charge in [-0.2, -0.15) is 0 Å². The van der Waals surface area contributed by atoms with Gasteiger partial charge in [-0.3, -0.25) is 4.79 Å². The fourth-order valence-corrected chi connectivity index (χ4v) is 2.55. The first kappa shape index (κ1) is 15.8. The second-order valence-corrected chi connectivity index (χ2v) is 6.10. The van der Waals surface area contributed by atoms with Crippen LogP contribution in [0.15, 0.2) is 53.0 Å². The Bertz CT molecular complexity index is 607. The lowest BCUT2D eigenvalue weighted by Gasteiger charge is -2.23. The molecule has 1 amide bonds. The van der Waals surface area contributed by atoms with Crippen molar-refractivity contribution in [2.45, 2.75) is 26.7 Å². The quantitative estimate of drug-likeness (QED) is 0.766. The Kier molecular flexibility index (Phi) is 5.57. The summed E-state index contributed by atoms with van der Waals surface area (Å²) in [5.74, 6) is 0.143. The van der Waals surface area contributed by atoms with E-state index in [-0.39, 0.29) is 5.91 Å². The monoisotopic (exact) mass is 345 g/mol. The van der Waals surface area contributed by atoms with Gasteiger partial charge in [0.15, 0.2) is 0 Å². The number of halogens is 1. The van der Waals surface area contributed by atoms with Gasteiger partial charge in [-0.05, 0) is 48.7 Å². The smallest absolute Gasteiger partial charge is 0.231 e. The van der Waals surface area contributed by atoms with Crippen LogP contribution in [0.25, 0.3) is 0 Å². The van der Waals surface area contributed by atoms with E-state index in [0.29, 0.717) is 6.42 Å². The first-order valence-corrected chi connectivity index (χ1v) is 8.01. The summed E-state index contributed by atoms with van der Waals surface area (Å²) in [4.78, 5) is 14.5. The van der Waals surface area contributed by atoms with Gasteiger partial charge in [-0.15, -0.1) is 0 Å². The third-order valence-electron chi connectivity index (χ3n) is 3.33. The molecule has 2 rings (SSSR count). The van der Waals surface area contributed by atoms with Crippen LogP contribution in [0, 0.1) is 6.92 Å². The van der Waals surface area contributed by atoms with Gasteiger partial charge in [-0.1, -0.05) is 47.1 Å². The number of amides is 1. The standard InChI is InChI=1S/C18H20BrNO/c1-3-11-20(17-6-4-5-14(2)12-17)18(21)13-15-7-9-16(19)10-8-15/h4-10,12H,3,11,13H2,1-2H3. The summed E-state index contributed by atoms with van der Waals surface area (Å²) in [6, 6.07) is 16.0. The fraction of sp³-hybridized carbons (Fsp3) is 0.278. The lowest BCUT2D eigenvalue weighted by molar-refractivity contribution is -0.118. The van der Waals surface area contributed by atoms with Crippen molar-refractivity contribution in [3.05, 3.63) is 64.1 Å². The average Bonchev–Trinajstić information content (AvgIpc) is 2.47. The summed E-state index contributed by atoms with van der Waals surface area (Å²) in [7, 11) is 0. The molecule has 0 aliphatic rings. The summed E-state index contributed by atoms with van der Waals surface area (Å²) in [6.07, 6.45) is 1.38. The third kappa shape index (κ3) is 4.43. The number of aryl methyl sites for hydroxylation is 1. The molecular weight excluding hydrogens is 326 g/mol. The molecule has 0 radical (unpaired) electrons. The van der Waals surface area contributed by atoms with Crippen molar-refractivity contribution in [2.24, 2.45) is 0 Å². The fourth-order valence-electron chi connectivity index (χ4n) is 2.29. The summed E-state index contributed by atoms with van der Waals surface area (Å²) in [6.45, 7) is 4.89. The van der Waals surface area contributed by atoms with E-state index in [1.165, 1.54) is 5.56 Å². The number of carbonyl (C=O) groups excluding carboxylic acids is 1. The Balaban J connectivity index is 2.17. The Morgan fingerprint density at radius 3 is 2.48 bits per heavy atom. The molecular formula is C18H20BrNO. The van der Waals surface area contributed by atoms with Crippen LogP contribution in [0.1, 0.15) is 24.5 Å². The topological polar surface area (TPSA) is 20.3 Å². The van der Waals surface area contributed by atoms with Gasteiger partial charge in [0.2, 0.25) is 5.91 Å². The number of rotatable bonds is 5. The molecule has 0 saturated carbocycles. The van der Waals surface area contributed by atoms with E-state index in [1.54, 1.807) is 0 Å². The minimum Gasteiger partial charge on any atom is -0.312 e. The van der Waals surface area contributed by atoms with Crippen LogP contribution in [-0.2, 0) is 11.2 Å². The molecule has 0 atom stereocenters. The molecule has 2 aromatic carbocycles. The van der Waals surface area contributed by atoms with E-state index < -0.39 is 0 Å². The first-order valence-electron chi connectivity index (χ1n) is 7.21. The molecule has 0 spiro atoms. The average molecular weight is 346 g/mol. The van der Waals surface area contributed by atoms with Crippen molar-refractivity contribution in [3.63, 3.8) is 0 Å². The van der Waals surface area contributed by atoms with E-state index in [2.05, 4.69) is 28.9 Å². The largest absolute Gasteiger partial charge is 0.312 e. The van der Waals surface area contributed by atoms with Gasteiger partial charge in [0.25, 0.3) is 0 Å². The van der Waals surface area contributed by atoms with Gasteiger partial charge in [0, 0.05) is 16.7 Å². The number of benzene rings is 2. The summed E-state index contributed by atoms with van der Waals surface area (Å²) >= 11 is 3.41. The van der Waals surface area contributed by atoms with E-state index in [1.807, 2.05) is 54.3 Å². The van der Waals surface area contributed by atoms with Crippen molar-refractivity contribution in [1.29, 1.82) is 0 Å². The molecule has 0 fully saturated rings. The zero-order valence-electron chi connectivity index (χ0n) is 12.5. The van der Waals surface area contributed by atoms with Gasteiger partial charge < -0.3 is 4.90 Å². The minimum absolute atomic E-state index is 0.143. The van der Waals surface area contributed by atoms with Crippen LogP contribution in [0.3, 0.4) is 0 Å². The summed E-state index contributed by atoms with van der Waals surface area (Å²) in [5, 5.41) is 0. The van der Waals surface area contributed by atoms with Crippen molar-refractivity contribution in [1.82, 2.24) is 0 Å². The van der Waals surface area contributed by atoms with Crippen LogP contribution >= 0.6 is 15.9 Å². The molecule has 0 aromatic heterocycles. The second kappa shape index (κ2) is 7.41. The summed E-state index contributed by atoms with van der Waals surface area (Å²) < 4.78 is 1.03. The maximum absolute atomic E-state index is 12.6. The van der Waals surface area contributed by atoms with Crippen LogP contribution in [0.5, 0.6) is 0 Å². The van der Waals surface area contributed by atoms with Gasteiger partial charge in [0.1, 0.15) is 0 Å². The molecule has 0 aliphatic heterocycles. The van der Waals surface area contributed by atoms with Crippen LogP contribution in [-0.4, -0.2) is 12.5 Å². The molecule has 0 heterocycles. The lowest BCUT2D eigenvalue weighted by atomic mass is 10.1. The number of hydrogen-bond donors (Lipinski definition) is 0. The van der Waals surface area contributed by atoms with Gasteiger partial charge in [0.05, 0.1) is 6.42 Å². The second-order valence-electron chi connectivity index (χ2n) is 5.19. The van der Waals surface area contributed by atoms with Crippen molar-refractivity contribution < 1.29 is 4.79 Å². The van der Waals surface area contributed by atoms with Crippen LogP contribution < -0.4 is 4.90 Å². The highest BCUT2D eigenvalue weighted by Gasteiger charge is 2.15. The maximum Gasteiger partial charge on any atom is 0.231 e. The Labute approximate surface area is 134 Å². The molecule has 2 nitrogen and oxygen atoms in total. The van der Waals surface area contributed by atoms with E-state index in [4.69, 9.17) is 0 Å². The van der Waals surface area contributed by atoms with Crippen LogP contribution in [0.4, 0.5) is 5.69 Å². The molecule has 0 bridgehead atoms. The Morgan fingerprint density at radius 1 is 1.14 bits per heavy atom. The predicted molar refractivity (Wildman–Crippen MR) is 91.7 cm³/mol. The van der Waals surface area contributed by atoms with Crippen molar-refractivity contribution >= 4 is 27.5 Å². The predicted octanol–water partition coefficient (Wildman–Crippen LogP) is 4.74. The molecule has 21 heavy (non-hydrogen) atoms. The molecule has 0 saturated heterocycles. The molecule has 110 valence electrons. The zero-order chi connectivity index (χ0) is 15.2. The maximum atomic E-state index is 12.6. The molecule has 0 aliphatic carbocycles. The third-order valence-corrected chi connectivity index (χ3v) is 3.86.